The van der Waals surface area contributed by atoms with Crippen LogP contribution < -0.4 is 21.3 Å². The average molecular weight is 284 g/mol. The molecule has 0 aliphatic carbocycles. The van der Waals surface area contributed by atoms with E-state index in [2.05, 4.69) is 10.6 Å². The van der Waals surface area contributed by atoms with Gasteiger partial charge in [-0.3, -0.25) is 9.59 Å². The van der Waals surface area contributed by atoms with Gasteiger partial charge >= 0.3 is 0 Å². The molecule has 0 bridgehead atoms. The molecule has 1 rings (SSSR count). The molecule has 106 valence electrons. The van der Waals surface area contributed by atoms with Crippen molar-refractivity contribution in [2.24, 2.45) is 0 Å². The zero-order chi connectivity index (χ0) is 14.6. The quantitative estimate of drug-likeness (QED) is 0.749. The molecule has 2 amide bonds. The van der Waals surface area contributed by atoms with Crippen molar-refractivity contribution in [3.8, 4) is 0 Å². The van der Waals surface area contributed by atoms with Crippen LogP contribution in [0.5, 0.6) is 0 Å². The molecule has 1 heterocycles. The second-order valence-electron chi connectivity index (χ2n) is 3.86. The molecule has 6 nitrogen and oxygen atoms in total. The van der Waals surface area contributed by atoms with E-state index in [0.29, 0.717) is 10.4 Å². The molecule has 0 fully saturated rings. The van der Waals surface area contributed by atoms with Crippen molar-refractivity contribution < 1.29 is 9.59 Å². The maximum atomic E-state index is 12.0. The predicted molar refractivity (Wildman–Crippen MR) is 79.1 cm³/mol. The number of nitrogens with two attached hydrogens (primary N) is 1. The van der Waals surface area contributed by atoms with Gasteiger partial charge in [0.2, 0.25) is 0 Å². The van der Waals surface area contributed by atoms with Crippen LogP contribution in [0, 0.1) is 0 Å². The Morgan fingerprint density at radius 3 is 2.11 bits per heavy atom. The van der Waals surface area contributed by atoms with E-state index in [4.69, 9.17) is 5.73 Å². The van der Waals surface area contributed by atoms with E-state index in [9.17, 15) is 9.59 Å². The number of thiophene rings is 1. The summed E-state index contributed by atoms with van der Waals surface area (Å²) in [7, 11) is 3.09. The van der Waals surface area contributed by atoms with Crippen LogP contribution in [-0.2, 0) is 0 Å². The van der Waals surface area contributed by atoms with Crippen LogP contribution in [0.1, 0.15) is 33.9 Å². The molecule has 19 heavy (non-hydrogen) atoms. The Kier molecular flexibility index (Phi) is 5.17. The summed E-state index contributed by atoms with van der Waals surface area (Å²) < 4.78 is 0. The molecule has 0 atom stereocenters. The molecule has 0 aliphatic heterocycles. The van der Waals surface area contributed by atoms with E-state index in [1.807, 2.05) is 18.7 Å². The van der Waals surface area contributed by atoms with Gasteiger partial charge < -0.3 is 21.3 Å². The van der Waals surface area contributed by atoms with E-state index in [0.717, 1.165) is 18.1 Å². The first-order valence-electron chi connectivity index (χ1n) is 6.13. The Bertz CT molecular complexity index is 480. The van der Waals surface area contributed by atoms with Crippen molar-refractivity contribution in [2.45, 2.75) is 13.8 Å². The number of nitrogens with one attached hydrogen (secondary N) is 2. The third-order valence-corrected chi connectivity index (χ3v) is 4.13. The van der Waals surface area contributed by atoms with Crippen LogP contribution in [0.2, 0.25) is 0 Å². The maximum absolute atomic E-state index is 12.0. The van der Waals surface area contributed by atoms with Crippen LogP contribution in [0.3, 0.4) is 0 Å². The van der Waals surface area contributed by atoms with E-state index in [-0.39, 0.29) is 17.5 Å². The van der Waals surface area contributed by atoms with Crippen molar-refractivity contribution >= 4 is 33.8 Å². The van der Waals surface area contributed by atoms with Gasteiger partial charge in [0, 0.05) is 27.2 Å². The van der Waals surface area contributed by atoms with Gasteiger partial charge in [-0.1, -0.05) is 0 Å². The minimum absolute atomic E-state index is 0.241. The van der Waals surface area contributed by atoms with Crippen molar-refractivity contribution in [1.82, 2.24) is 10.6 Å². The van der Waals surface area contributed by atoms with E-state index >= 15 is 0 Å². The van der Waals surface area contributed by atoms with Crippen molar-refractivity contribution in [1.29, 1.82) is 0 Å². The molecule has 0 saturated carbocycles. The smallest absolute Gasteiger partial charge is 0.263 e. The van der Waals surface area contributed by atoms with Gasteiger partial charge in [0.05, 0.1) is 11.3 Å². The Labute approximate surface area is 117 Å². The summed E-state index contributed by atoms with van der Waals surface area (Å²) in [4.78, 5) is 26.1. The Morgan fingerprint density at radius 1 is 1.16 bits per heavy atom. The van der Waals surface area contributed by atoms with Gasteiger partial charge in [-0.05, 0) is 13.8 Å². The molecule has 7 heteroatoms. The number of hydrogen-bond acceptors (Lipinski definition) is 5. The summed E-state index contributed by atoms with van der Waals surface area (Å²) in [6, 6.07) is 0. The molecular weight excluding hydrogens is 264 g/mol. The Morgan fingerprint density at radius 2 is 1.68 bits per heavy atom. The molecule has 4 N–H and O–H groups in total. The number of carbonyl (C=O) groups excluding carboxylic acids is 2. The highest BCUT2D eigenvalue weighted by molar-refractivity contribution is 7.19. The predicted octanol–water partition coefficient (Wildman–Crippen LogP) is 0.896. The number of amides is 2. The summed E-state index contributed by atoms with van der Waals surface area (Å²) in [5, 5.41) is 5.84. The first-order chi connectivity index (χ1) is 9.01. The second-order valence-corrected chi connectivity index (χ2v) is 4.85. The average Bonchev–Trinajstić information content (AvgIpc) is 2.76. The van der Waals surface area contributed by atoms with Gasteiger partial charge in [0.15, 0.2) is 0 Å². The summed E-state index contributed by atoms with van der Waals surface area (Å²) in [5.41, 5.74) is 6.59. The number of carbonyl (C=O) groups is 2. The minimum atomic E-state index is -0.272. The number of hydrogen-bond donors (Lipinski definition) is 3. The van der Waals surface area contributed by atoms with E-state index in [1.54, 1.807) is 7.05 Å². The highest BCUT2D eigenvalue weighted by Gasteiger charge is 2.26. The normalized spacial score (nSPS) is 10.1. The molecule has 1 aromatic rings. The monoisotopic (exact) mass is 284 g/mol. The lowest BCUT2D eigenvalue weighted by molar-refractivity contribution is 0.0963. The number of nitrogen functional groups attached to an aromatic ring is 1. The lowest BCUT2D eigenvalue weighted by Gasteiger charge is -2.20. The largest absolute Gasteiger partial charge is 0.397 e. The van der Waals surface area contributed by atoms with Crippen LogP contribution >= 0.6 is 11.3 Å². The highest BCUT2D eigenvalue weighted by atomic mass is 32.1. The molecule has 0 unspecified atom stereocenters. The fourth-order valence-electron chi connectivity index (χ4n) is 1.79. The SMILES string of the molecule is CCN(CC)c1sc(C(=O)NC)c(N)c1C(=O)NC. The standard InChI is InChI=1S/C12H20N4O2S/c1-5-16(6-2)12-7(10(17)14-3)8(13)9(19-12)11(18)15-4/h5-6,13H2,1-4H3,(H,14,17)(H,15,18). The van der Waals surface area contributed by atoms with Crippen molar-refractivity contribution in [2.75, 3.05) is 37.8 Å². The highest BCUT2D eigenvalue weighted by Crippen LogP contribution is 2.38. The van der Waals surface area contributed by atoms with E-state index < -0.39 is 0 Å². The third-order valence-electron chi connectivity index (χ3n) is 2.86. The maximum Gasteiger partial charge on any atom is 0.263 e. The van der Waals surface area contributed by atoms with Gasteiger partial charge in [0.25, 0.3) is 11.8 Å². The lowest BCUT2D eigenvalue weighted by Crippen LogP contribution is -2.26. The van der Waals surface area contributed by atoms with Crippen LogP contribution in [0.15, 0.2) is 0 Å². The second kappa shape index (κ2) is 6.42. The zero-order valence-corrected chi connectivity index (χ0v) is 12.5. The molecule has 0 saturated heterocycles. The van der Waals surface area contributed by atoms with Gasteiger partial charge in [0.1, 0.15) is 9.88 Å². The zero-order valence-electron chi connectivity index (χ0n) is 11.7. The summed E-state index contributed by atoms with van der Waals surface area (Å²) in [5.74, 6) is -0.545. The van der Waals surface area contributed by atoms with Crippen LogP contribution in [0.4, 0.5) is 10.7 Å². The molecular formula is C12H20N4O2S. The van der Waals surface area contributed by atoms with Crippen LogP contribution in [-0.4, -0.2) is 39.0 Å². The third kappa shape index (κ3) is 2.81. The molecule has 0 spiro atoms. The lowest BCUT2D eigenvalue weighted by atomic mass is 10.2. The van der Waals surface area contributed by atoms with Crippen molar-refractivity contribution in [3.63, 3.8) is 0 Å². The first kappa shape index (κ1) is 15.3. The fraction of sp³-hybridized carbons (Fsp3) is 0.500. The summed E-state index contributed by atoms with van der Waals surface area (Å²) >= 11 is 1.25. The molecule has 0 aromatic carbocycles. The summed E-state index contributed by atoms with van der Waals surface area (Å²) in [6.45, 7) is 5.47. The summed E-state index contributed by atoms with van der Waals surface area (Å²) in [6.07, 6.45) is 0. The first-order valence-corrected chi connectivity index (χ1v) is 6.94. The van der Waals surface area contributed by atoms with Gasteiger partial charge in [-0.15, -0.1) is 11.3 Å². The Balaban J connectivity index is 3.43. The number of nitrogens with zero attached hydrogens (tertiary/aromatic N) is 1. The van der Waals surface area contributed by atoms with Crippen LogP contribution in [0.25, 0.3) is 0 Å². The van der Waals surface area contributed by atoms with E-state index in [1.165, 1.54) is 18.4 Å². The molecule has 0 aliphatic rings. The minimum Gasteiger partial charge on any atom is -0.397 e. The van der Waals surface area contributed by atoms with Gasteiger partial charge in [-0.2, -0.15) is 0 Å². The topological polar surface area (TPSA) is 87.5 Å². The van der Waals surface area contributed by atoms with Crippen molar-refractivity contribution in [3.05, 3.63) is 10.4 Å². The Hall–Kier alpha value is -1.76. The fourth-order valence-corrected chi connectivity index (χ4v) is 3.08. The number of anilines is 2. The molecule has 1 aromatic heterocycles. The number of rotatable bonds is 5. The molecule has 0 radical (unpaired) electrons. The van der Waals surface area contributed by atoms with Gasteiger partial charge in [-0.25, -0.2) is 0 Å².